The van der Waals surface area contributed by atoms with Crippen LogP contribution in [-0.2, 0) is 17.7 Å². The van der Waals surface area contributed by atoms with Crippen LogP contribution in [0.1, 0.15) is 25.2 Å². The fourth-order valence-electron chi connectivity index (χ4n) is 3.21. The van der Waals surface area contributed by atoms with Crippen molar-refractivity contribution < 1.29 is 23.3 Å². The average Bonchev–Trinajstić information content (AvgIpc) is 3.04. The Balaban J connectivity index is 2.06. The fraction of sp³-hybridized carbons (Fsp3) is 0.450. The summed E-state index contributed by atoms with van der Waals surface area (Å²) in [4.78, 5) is 12.1. The van der Waals surface area contributed by atoms with Crippen LogP contribution >= 0.6 is 0 Å². The lowest BCUT2D eigenvalue weighted by Crippen LogP contribution is -2.14. The van der Waals surface area contributed by atoms with Crippen molar-refractivity contribution in [2.75, 3.05) is 33.7 Å². The summed E-state index contributed by atoms with van der Waals surface area (Å²) in [5.41, 5.74) is 7.42. The van der Waals surface area contributed by atoms with E-state index < -0.39 is 6.08 Å². The summed E-state index contributed by atoms with van der Waals surface area (Å²) in [6, 6.07) is 3.68. The van der Waals surface area contributed by atoms with Crippen LogP contribution in [0.5, 0.6) is 17.2 Å². The summed E-state index contributed by atoms with van der Waals surface area (Å²) >= 11 is 0. The minimum Gasteiger partial charge on any atom is -0.493 e. The molecule has 0 saturated heterocycles. The minimum atomic E-state index is -0.898. The van der Waals surface area contributed by atoms with Crippen molar-refractivity contribution in [2.24, 2.45) is 0 Å². The summed E-state index contributed by atoms with van der Waals surface area (Å²) in [5, 5.41) is 0. The number of rotatable bonds is 9. The van der Waals surface area contributed by atoms with Gasteiger partial charge in [0.15, 0.2) is 28.5 Å². The number of hydrogen-bond acceptors (Lipinski definition) is 8. The summed E-state index contributed by atoms with van der Waals surface area (Å²) in [6.45, 7) is 4.74. The van der Waals surface area contributed by atoms with Gasteiger partial charge >= 0.3 is 6.08 Å². The molecule has 9 nitrogen and oxygen atoms in total. The van der Waals surface area contributed by atoms with Gasteiger partial charge in [0.25, 0.3) is 0 Å². The molecule has 0 aliphatic carbocycles. The first-order valence-corrected chi connectivity index (χ1v) is 9.46. The number of nitrogens with two attached hydrogens (primary N) is 1. The Morgan fingerprint density at radius 2 is 1.70 bits per heavy atom. The van der Waals surface area contributed by atoms with Gasteiger partial charge in [-0.05, 0) is 31.5 Å². The molecule has 2 aromatic heterocycles. The maximum absolute atomic E-state index is 13.8. The zero-order chi connectivity index (χ0) is 21.8. The number of methoxy groups -OCH3 is 3. The van der Waals surface area contributed by atoms with Crippen LogP contribution in [0.4, 0.5) is 10.2 Å². The number of nitrogens with zero attached hydrogens (tertiary/aromatic N) is 4. The third kappa shape index (κ3) is 4.38. The smallest absolute Gasteiger partial charge is 0.312 e. The van der Waals surface area contributed by atoms with Gasteiger partial charge < -0.3 is 29.2 Å². The van der Waals surface area contributed by atoms with Crippen LogP contribution in [0.25, 0.3) is 11.2 Å². The number of imidazole rings is 1. The highest BCUT2D eigenvalue weighted by atomic mass is 19.1. The number of ether oxygens (including phenoxy) is 4. The van der Waals surface area contributed by atoms with Crippen molar-refractivity contribution in [1.29, 1.82) is 0 Å². The highest BCUT2D eigenvalue weighted by Crippen LogP contribution is 2.38. The predicted octanol–water partition coefficient (Wildman–Crippen LogP) is 2.59. The Bertz CT molecular complexity index is 1010. The molecule has 0 amide bonds. The second-order valence-electron chi connectivity index (χ2n) is 6.86. The van der Waals surface area contributed by atoms with Crippen LogP contribution in [0.15, 0.2) is 12.1 Å². The van der Waals surface area contributed by atoms with Gasteiger partial charge in [-0.2, -0.15) is 14.4 Å². The molecule has 0 aliphatic heterocycles. The first-order valence-electron chi connectivity index (χ1n) is 9.46. The topological polar surface area (TPSA) is 107 Å². The molecule has 10 heteroatoms. The molecule has 3 aromatic rings. The molecule has 0 saturated carbocycles. The molecule has 2 heterocycles. The van der Waals surface area contributed by atoms with E-state index in [1.54, 1.807) is 25.9 Å². The molecule has 0 aliphatic rings. The average molecular weight is 419 g/mol. The second-order valence-corrected chi connectivity index (χ2v) is 6.86. The number of nitrogen functional groups attached to an aromatic ring is 1. The Morgan fingerprint density at radius 1 is 1.03 bits per heavy atom. The van der Waals surface area contributed by atoms with Gasteiger partial charge in [-0.3, -0.25) is 0 Å². The third-order valence-corrected chi connectivity index (χ3v) is 4.53. The van der Waals surface area contributed by atoms with Crippen molar-refractivity contribution in [1.82, 2.24) is 19.5 Å². The summed E-state index contributed by atoms with van der Waals surface area (Å²) in [5.74, 6) is 2.19. The first kappa shape index (κ1) is 21.6. The van der Waals surface area contributed by atoms with E-state index in [1.165, 1.54) is 0 Å². The molecular formula is C20H26FN5O4. The zero-order valence-electron chi connectivity index (χ0n) is 17.7. The standard InChI is InChI=1S/C20H26FN5O4/c1-11(2)30-7-6-26-15(23-16-18(22)24-20(21)25-19(16)26)10-12-8-13(27-3)17(29-5)14(9-12)28-4/h8-9,11H,6-7,10H2,1-5H3,(H2,22,24,25). The van der Waals surface area contributed by atoms with Gasteiger partial charge in [-0.25, -0.2) is 4.98 Å². The van der Waals surface area contributed by atoms with Gasteiger partial charge in [-0.1, -0.05) is 0 Å². The first-order chi connectivity index (χ1) is 14.4. The molecule has 0 spiro atoms. The summed E-state index contributed by atoms with van der Waals surface area (Å²) in [7, 11) is 4.65. The van der Waals surface area contributed by atoms with E-state index in [4.69, 9.17) is 24.7 Å². The number of aromatic nitrogens is 4. The van der Waals surface area contributed by atoms with Gasteiger partial charge in [0.1, 0.15) is 5.82 Å². The number of anilines is 1. The molecule has 30 heavy (non-hydrogen) atoms. The minimum absolute atomic E-state index is 0.00725. The van der Waals surface area contributed by atoms with Crippen LogP contribution in [0.3, 0.4) is 0 Å². The molecule has 162 valence electrons. The predicted molar refractivity (Wildman–Crippen MR) is 110 cm³/mol. The molecule has 1 aromatic carbocycles. The number of fused-ring (bicyclic) bond motifs is 1. The Kier molecular flexibility index (Phi) is 6.56. The van der Waals surface area contributed by atoms with Crippen molar-refractivity contribution in [3.63, 3.8) is 0 Å². The van der Waals surface area contributed by atoms with Gasteiger partial charge in [0, 0.05) is 13.0 Å². The van der Waals surface area contributed by atoms with E-state index in [-0.39, 0.29) is 11.9 Å². The normalized spacial score (nSPS) is 11.3. The maximum atomic E-state index is 13.8. The lowest BCUT2D eigenvalue weighted by atomic mass is 10.1. The quantitative estimate of drug-likeness (QED) is 0.528. The van der Waals surface area contributed by atoms with E-state index in [2.05, 4.69) is 15.0 Å². The highest BCUT2D eigenvalue weighted by molar-refractivity contribution is 5.82. The lowest BCUT2D eigenvalue weighted by molar-refractivity contribution is 0.0728. The number of hydrogen-bond donors (Lipinski definition) is 1. The Hall–Kier alpha value is -3.14. The second kappa shape index (κ2) is 9.12. The van der Waals surface area contributed by atoms with Crippen molar-refractivity contribution in [3.8, 4) is 17.2 Å². The van der Waals surface area contributed by atoms with Crippen molar-refractivity contribution >= 4 is 17.0 Å². The molecular weight excluding hydrogens is 393 g/mol. The Morgan fingerprint density at radius 3 is 2.27 bits per heavy atom. The monoisotopic (exact) mass is 419 g/mol. The SMILES string of the molecule is COc1cc(Cc2nc3c(N)nc(F)nc3n2CCOC(C)C)cc(OC)c1OC. The van der Waals surface area contributed by atoms with Crippen LogP contribution in [0, 0.1) is 6.08 Å². The van der Waals surface area contributed by atoms with Crippen LogP contribution < -0.4 is 19.9 Å². The zero-order valence-corrected chi connectivity index (χ0v) is 17.7. The molecule has 0 bridgehead atoms. The molecule has 0 unspecified atom stereocenters. The number of benzene rings is 1. The molecule has 0 radical (unpaired) electrons. The van der Waals surface area contributed by atoms with Crippen LogP contribution in [-0.4, -0.2) is 53.6 Å². The van der Waals surface area contributed by atoms with Crippen molar-refractivity contribution in [3.05, 3.63) is 29.6 Å². The third-order valence-electron chi connectivity index (χ3n) is 4.53. The molecule has 0 fully saturated rings. The number of halogens is 1. The largest absolute Gasteiger partial charge is 0.493 e. The van der Waals surface area contributed by atoms with E-state index in [0.29, 0.717) is 53.8 Å². The van der Waals surface area contributed by atoms with Gasteiger partial charge in [0.05, 0.1) is 34.0 Å². The maximum Gasteiger partial charge on any atom is 0.312 e. The fourth-order valence-corrected chi connectivity index (χ4v) is 3.21. The van der Waals surface area contributed by atoms with Gasteiger partial charge in [-0.15, -0.1) is 0 Å². The Labute approximate surface area is 173 Å². The van der Waals surface area contributed by atoms with Crippen LogP contribution in [0.2, 0.25) is 0 Å². The lowest BCUT2D eigenvalue weighted by Gasteiger charge is -2.15. The summed E-state index contributed by atoms with van der Waals surface area (Å²) < 4.78 is 37.5. The highest BCUT2D eigenvalue weighted by Gasteiger charge is 2.19. The summed E-state index contributed by atoms with van der Waals surface area (Å²) in [6.07, 6.45) is -0.435. The van der Waals surface area contributed by atoms with E-state index in [9.17, 15) is 4.39 Å². The van der Waals surface area contributed by atoms with E-state index in [0.717, 1.165) is 5.56 Å². The molecule has 0 atom stereocenters. The van der Waals surface area contributed by atoms with Crippen molar-refractivity contribution in [2.45, 2.75) is 32.9 Å². The van der Waals surface area contributed by atoms with E-state index >= 15 is 0 Å². The molecule has 2 N–H and O–H groups in total. The van der Waals surface area contributed by atoms with Gasteiger partial charge in [0.2, 0.25) is 5.75 Å². The molecule has 3 rings (SSSR count). The van der Waals surface area contributed by atoms with E-state index in [1.807, 2.05) is 26.0 Å².